The summed E-state index contributed by atoms with van der Waals surface area (Å²) in [4.78, 5) is 14.0. The summed E-state index contributed by atoms with van der Waals surface area (Å²) >= 11 is 0. The van der Waals surface area contributed by atoms with E-state index in [4.69, 9.17) is 4.98 Å². The Hall–Kier alpha value is -3.11. The van der Waals surface area contributed by atoms with Crippen LogP contribution in [0.2, 0.25) is 0 Å². The fourth-order valence-electron chi connectivity index (χ4n) is 3.06. The Bertz CT molecular complexity index is 1040. The first-order chi connectivity index (χ1) is 12.8. The molecule has 4 aromatic rings. The maximum absolute atomic E-state index is 4.92. The molecule has 0 aliphatic heterocycles. The van der Waals surface area contributed by atoms with Crippen LogP contribution in [-0.4, -0.2) is 15.0 Å². The summed E-state index contributed by atoms with van der Waals surface area (Å²) in [6.45, 7) is 2.84. The summed E-state index contributed by atoms with van der Waals surface area (Å²) < 4.78 is 0. The molecule has 0 aliphatic rings. The third-order valence-corrected chi connectivity index (χ3v) is 4.54. The van der Waals surface area contributed by atoms with Gasteiger partial charge in [-0.3, -0.25) is 0 Å². The third-order valence-electron chi connectivity index (χ3n) is 4.54. The van der Waals surface area contributed by atoms with Crippen molar-refractivity contribution in [2.75, 3.05) is 0 Å². The highest BCUT2D eigenvalue weighted by atomic mass is 14.9. The quantitative estimate of drug-likeness (QED) is 0.616. The second-order valence-electron chi connectivity index (χ2n) is 6.25. The van der Waals surface area contributed by atoms with E-state index in [0.717, 1.165) is 52.2 Å². The molecule has 0 bridgehead atoms. The number of hydrogen-bond acceptors (Lipinski definition) is 3. The minimum atomic E-state index is 0.743. The third kappa shape index (κ3) is 3.07. The van der Waals surface area contributed by atoms with Crippen molar-refractivity contribution < 1.29 is 5.73 Å². The molecule has 3 N–H and O–H groups in total. The molecule has 0 aliphatic carbocycles. The molecule has 0 saturated heterocycles. The number of nitrogens with zero attached hydrogens (tertiary/aromatic N) is 3. The molecule has 0 unspecified atom stereocenters. The second kappa shape index (κ2) is 7.02. The summed E-state index contributed by atoms with van der Waals surface area (Å²) in [5.41, 5.74) is 10.2. The Labute approximate surface area is 152 Å². The molecule has 26 heavy (non-hydrogen) atoms. The molecular weight excluding hydrogens is 320 g/mol. The van der Waals surface area contributed by atoms with E-state index < -0.39 is 0 Å². The molecule has 2 aromatic carbocycles. The smallest absolute Gasteiger partial charge is 0.163 e. The SMILES string of the molecule is CCc1ncc2cc(-c3ccccc3)c(-c3ccc(C[NH3+])cc3)nc2n1. The Morgan fingerprint density at radius 3 is 2.35 bits per heavy atom. The molecule has 2 heterocycles. The maximum Gasteiger partial charge on any atom is 0.163 e. The molecule has 0 amide bonds. The lowest BCUT2D eigenvalue weighted by atomic mass is 9.98. The zero-order chi connectivity index (χ0) is 17.9. The lowest BCUT2D eigenvalue weighted by Crippen LogP contribution is -2.47. The Balaban J connectivity index is 1.97. The first-order valence-corrected chi connectivity index (χ1v) is 8.89. The van der Waals surface area contributed by atoms with E-state index in [9.17, 15) is 0 Å². The molecule has 0 atom stereocenters. The van der Waals surface area contributed by atoms with E-state index in [1.54, 1.807) is 0 Å². The number of benzene rings is 2. The van der Waals surface area contributed by atoms with Gasteiger partial charge in [-0.1, -0.05) is 61.5 Å². The molecule has 4 rings (SSSR count). The topological polar surface area (TPSA) is 66.3 Å². The number of rotatable bonds is 4. The first kappa shape index (κ1) is 16.4. The Kier molecular flexibility index (Phi) is 4.42. The molecular formula is C22H21N4+. The lowest BCUT2D eigenvalue weighted by molar-refractivity contribution is -0.386. The number of fused-ring (bicyclic) bond motifs is 1. The van der Waals surface area contributed by atoms with E-state index in [1.165, 1.54) is 5.56 Å². The van der Waals surface area contributed by atoms with Crippen LogP contribution in [0.3, 0.4) is 0 Å². The summed E-state index contributed by atoms with van der Waals surface area (Å²) in [5.74, 6) is 0.816. The van der Waals surface area contributed by atoms with E-state index in [2.05, 4.69) is 65.1 Å². The van der Waals surface area contributed by atoms with Crippen molar-refractivity contribution in [1.82, 2.24) is 15.0 Å². The molecule has 0 radical (unpaired) electrons. The standard InChI is InChI=1S/C22H20N4/c1-2-20-24-14-18-12-19(16-6-4-3-5-7-16)21(26-22(18)25-20)17-10-8-15(13-23)9-11-17/h3-12,14H,2,13,23H2,1H3/p+1. The van der Waals surface area contributed by atoms with Gasteiger partial charge < -0.3 is 5.73 Å². The Morgan fingerprint density at radius 1 is 0.885 bits per heavy atom. The number of aryl methyl sites for hydroxylation is 1. The zero-order valence-corrected chi connectivity index (χ0v) is 14.8. The van der Waals surface area contributed by atoms with Crippen LogP contribution in [0.25, 0.3) is 33.4 Å². The predicted octanol–water partition coefficient (Wildman–Crippen LogP) is 3.66. The number of quaternary nitrogens is 1. The number of pyridine rings is 1. The van der Waals surface area contributed by atoms with Gasteiger partial charge in [0.1, 0.15) is 5.82 Å². The van der Waals surface area contributed by atoms with Crippen molar-refractivity contribution in [2.24, 2.45) is 0 Å². The van der Waals surface area contributed by atoms with Crippen molar-refractivity contribution in [3.63, 3.8) is 0 Å². The lowest BCUT2D eigenvalue weighted by Gasteiger charge is -2.12. The second-order valence-corrected chi connectivity index (χ2v) is 6.25. The highest BCUT2D eigenvalue weighted by molar-refractivity contribution is 5.89. The minimum absolute atomic E-state index is 0.743. The molecule has 0 spiro atoms. The highest BCUT2D eigenvalue weighted by Gasteiger charge is 2.13. The largest absolute Gasteiger partial charge is 0.354 e. The predicted molar refractivity (Wildman–Crippen MR) is 104 cm³/mol. The summed E-state index contributed by atoms with van der Waals surface area (Å²) in [6.07, 6.45) is 2.67. The zero-order valence-electron chi connectivity index (χ0n) is 14.8. The number of hydrogen-bond donors (Lipinski definition) is 1. The van der Waals surface area contributed by atoms with Gasteiger partial charge in [0.25, 0.3) is 0 Å². The monoisotopic (exact) mass is 341 g/mol. The average molecular weight is 341 g/mol. The number of aromatic nitrogens is 3. The van der Waals surface area contributed by atoms with Gasteiger partial charge in [-0.15, -0.1) is 0 Å². The van der Waals surface area contributed by atoms with Gasteiger partial charge in [0.15, 0.2) is 5.65 Å². The highest BCUT2D eigenvalue weighted by Crippen LogP contribution is 2.33. The van der Waals surface area contributed by atoms with Crippen LogP contribution >= 0.6 is 0 Å². The molecule has 2 aromatic heterocycles. The van der Waals surface area contributed by atoms with Crippen molar-refractivity contribution >= 4 is 11.0 Å². The van der Waals surface area contributed by atoms with E-state index in [1.807, 2.05) is 24.4 Å². The van der Waals surface area contributed by atoms with Crippen LogP contribution in [0.5, 0.6) is 0 Å². The summed E-state index contributed by atoms with van der Waals surface area (Å²) in [6, 6.07) is 20.9. The first-order valence-electron chi connectivity index (χ1n) is 8.89. The van der Waals surface area contributed by atoms with Crippen molar-refractivity contribution in [3.05, 3.63) is 78.2 Å². The molecule has 0 fully saturated rings. The van der Waals surface area contributed by atoms with Crippen LogP contribution in [0, 0.1) is 0 Å². The van der Waals surface area contributed by atoms with Gasteiger partial charge in [-0.25, -0.2) is 15.0 Å². The van der Waals surface area contributed by atoms with Gasteiger partial charge in [-0.05, 0) is 11.6 Å². The van der Waals surface area contributed by atoms with Crippen LogP contribution in [-0.2, 0) is 13.0 Å². The van der Waals surface area contributed by atoms with E-state index in [-0.39, 0.29) is 0 Å². The summed E-state index contributed by atoms with van der Waals surface area (Å²) in [5, 5.41) is 0.958. The molecule has 4 heteroatoms. The van der Waals surface area contributed by atoms with Gasteiger partial charge in [0.05, 0.1) is 12.2 Å². The van der Waals surface area contributed by atoms with Crippen LogP contribution in [0.1, 0.15) is 18.3 Å². The van der Waals surface area contributed by atoms with Crippen molar-refractivity contribution in [3.8, 4) is 22.4 Å². The molecule has 4 nitrogen and oxygen atoms in total. The minimum Gasteiger partial charge on any atom is -0.354 e. The van der Waals surface area contributed by atoms with E-state index >= 15 is 0 Å². The fraction of sp³-hybridized carbons (Fsp3) is 0.136. The molecule has 0 saturated carbocycles. The van der Waals surface area contributed by atoms with Gasteiger partial charge >= 0.3 is 0 Å². The van der Waals surface area contributed by atoms with Crippen LogP contribution < -0.4 is 5.73 Å². The normalized spacial score (nSPS) is 11.0. The fourth-order valence-corrected chi connectivity index (χ4v) is 3.06. The Morgan fingerprint density at radius 2 is 1.65 bits per heavy atom. The van der Waals surface area contributed by atoms with Crippen molar-refractivity contribution in [2.45, 2.75) is 19.9 Å². The van der Waals surface area contributed by atoms with Gasteiger partial charge in [0.2, 0.25) is 0 Å². The van der Waals surface area contributed by atoms with Crippen LogP contribution in [0.4, 0.5) is 0 Å². The van der Waals surface area contributed by atoms with Gasteiger partial charge in [0, 0.05) is 34.7 Å². The maximum atomic E-state index is 4.92. The molecule has 128 valence electrons. The van der Waals surface area contributed by atoms with Gasteiger partial charge in [-0.2, -0.15) is 0 Å². The summed E-state index contributed by atoms with van der Waals surface area (Å²) in [7, 11) is 0. The average Bonchev–Trinajstić information content (AvgIpc) is 2.73. The van der Waals surface area contributed by atoms with E-state index in [0.29, 0.717) is 0 Å². The van der Waals surface area contributed by atoms with Crippen LogP contribution in [0.15, 0.2) is 66.9 Å². The van der Waals surface area contributed by atoms with Crippen molar-refractivity contribution in [1.29, 1.82) is 0 Å².